The molecule has 100 valence electrons. The highest BCUT2D eigenvalue weighted by atomic mass is 15.1. The molecule has 0 aromatic heterocycles. The quantitative estimate of drug-likeness (QED) is 0.812. The fourth-order valence-corrected chi connectivity index (χ4v) is 3.17. The van der Waals surface area contributed by atoms with Crippen LogP contribution in [-0.4, -0.2) is 25.0 Å². The van der Waals surface area contributed by atoms with Crippen LogP contribution < -0.4 is 5.32 Å². The lowest BCUT2D eigenvalue weighted by atomic mass is 9.83. The van der Waals surface area contributed by atoms with E-state index >= 15 is 0 Å². The van der Waals surface area contributed by atoms with Crippen molar-refractivity contribution < 1.29 is 0 Å². The molecule has 0 saturated carbocycles. The molecule has 2 nitrogen and oxygen atoms in total. The van der Waals surface area contributed by atoms with E-state index in [0.717, 1.165) is 0 Å². The standard InChI is InChI=1S/C16H26N2/c1-9-8-14(18(6)7)15-12(4)10(2)11(3)13(5)16(15)17-9/h9,14,17H,8H2,1-7H3. The second kappa shape index (κ2) is 4.58. The molecular formula is C16H26N2. The molecule has 1 heterocycles. The molecule has 2 unspecified atom stereocenters. The Morgan fingerprint density at radius 3 is 2.06 bits per heavy atom. The van der Waals surface area contributed by atoms with Gasteiger partial charge in [-0.25, -0.2) is 0 Å². The third-order valence-electron chi connectivity index (χ3n) is 4.66. The Bertz CT molecular complexity index is 475. The summed E-state index contributed by atoms with van der Waals surface area (Å²) in [6.07, 6.45) is 1.18. The molecule has 0 spiro atoms. The summed E-state index contributed by atoms with van der Waals surface area (Å²) in [6, 6.07) is 1.08. The lowest BCUT2D eigenvalue weighted by Crippen LogP contribution is -2.34. The Hall–Kier alpha value is -1.02. The van der Waals surface area contributed by atoms with Gasteiger partial charge in [-0.15, -0.1) is 0 Å². The highest BCUT2D eigenvalue weighted by molar-refractivity contribution is 5.67. The van der Waals surface area contributed by atoms with E-state index in [1.807, 2.05) is 0 Å². The van der Waals surface area contributed by atoms with E-state index in [9.17, 15) is 0 Å². The van der Waals surface area contributed by atoms with E-state index in [2.05, 4.69) is 58.9 Å². The van der Waals surface area contributed by atoms with Crippen LogP contribution in [0.2, 0.25) is 0 Å². The van der Waals surface area contributed by atoms with Gasteiger partial charge in [-0.1, -0.05) is 0 Å². The van der Waals surface area contributed by atoms with Gasteiger partial charge in [0, 0.05) is 17.8 Å². The smallest absolute Gasteiger partial charge is 0.0426 e. The summed E-state index contributed by atoms with van der Waals surface area (Å²) in [6.45, 7) is 11.3. The topological polar surface area (TPSA) is 15.3 Å². The number of anilines is 1. The van der Waals surface area contributed by atoms with Gasteiger partial charge in [0.25, 0.3) is 0 Å². The molecule has 18 heavy (non-hydrogen) atoms. The third kappa shape index (κ3) is 1.93. The number of benzene rings is 1. The van der Waals surface area contributed by atoms with Crippen LogP contribution in [0.25, 0.3) is 0 Å². The summed E-state index contributed by atoms with van der Waals surface area (Å²) in [4.78, 5) is 2.36. The number of nitrogens with one attached hydrogen (secondary N) is 1. The first kappa shape index (κ1) is 13.4. The zero-order valence-corrected chi connectivity index (χ0v) is 12.8. The highest BCUT2D eigenvalue weighted by Gasteiger charge is 2.29. The number of hydrogen-bond acceptors (Lipinski definition) is 2. The average Bonchev–Trinajstić information content (AvgIpc) is 2.32. The van der Waals surface area contributed by atoms with Crippen molar-refractivity contribution in [2.24, 2.45) is 0 Å². The number of nitrogens with zero attached hydrogens (tertiary/aromatic N) is 1. The number of hydrogen-bond donors (Lipinski definition) is 1. The lowest BCUT2D eigenvalue weighted by molar-refractivity contribution is 0.269. The molecule has 2 atom stereocenters. The first-order chi connectivity index (χ1) is 8.34. The fraction of sp³-hybridized carbons (Fsp3) is 0.625. The summed E-state index contributed by atoms with van der Waals surface area (Å²) in [5.74, 6) is 0. The Morgan fingerprint density at radius 2 is 1.50 bits per heavy atom. The second-order valence-electron chi connectivity index (χ2n) is 6.05. The van der Waals surface area contributed by atoms with Crippen molar-refractivity contribution in [1.29, 1.82) is 0 Å². The van der Waals surface area contributed by atoms with Crippen LogP contribution in [0, 0.1) is 27.7 Å². The van der Waals surface area contributed by atoms with Gasteiger partial charge in [-0.2, -0.15) is 0 Å². The predicted molar refractivity (Wildman–Crippen MR) is 79.5 cm³/mol. The van der Waals surface area contributed by atoms with E-state index < -0.39 is 0 Å². The van der Waals surface area contributed by atoms with Crippen LogP contribution in [0.4, 0.5) is 5.69 Å². The van der Waals surface area contributed by atoms with Crippen LogP contribution in [0.15, 0.2) is 0 Å². The van der Waals surface area contributed by atoms with Crippen LogP contribution in [0.5, 0.6) is 0 Å². The normalized spacial score (nSPS) is 22.9. The van der Waals surface area contributed by atoms with E-state index in [-0.39, 0.29) is 0 Å². The maximum Gasteiger partial charge on any atom is 0.0426 e. The summed E-state index contributed by atoms with van der Waals surface area (Å²) in [5.41, 5.74) is 8.67. The molecule has 1 N–H and O–H groups in total. The van der Waals surface area contributed by atoms with Crippen LogP contribution in [0.1, 0.15) is 47.2 Å². The van der Waals surface area contributed by atoms with Gasteiger partial charge in [0.15, 0.2) is 0 Å². The number of fused-ring (bicyclic) bond motifs is 1. The summed E-state index contributed by atoms with van der Waals surface area (Å²) in [5, 5.41) is 3.70. The lowest BCUT2D eigenvalue weighted by Gasteiger charge is -2.38. The Kier molecular flexibility index (Phi) is 3.41. The molecule has 0 bridgehead atoms. The maximum absolute atomic E-state index is 3.70. The van der Waals surface area contributed by atoms with E-state index in [4.69, 9.17) is 0 Å². The second-order valence-corrected chi connectivity index (χ2v) is 6.05. The molecule has 1 aliphatic heterocycles. The average molecular weight is 246 g/mol. The van der Waals surface area contributed by atoms with E-state index in [1.54, 1.807) is 0 Å². The van der Waals surface area contributed by atoms with Crippen molar-refractivity contribution in [3.05, 3.63) is 27.8 Å². The van der Waals surface area contributed by atoms with Crippen molar-refractivity contribution in [1.82, 2.24) is 4.90 Å². The minimum Gasteiger partial charge on any atom is -0.382 e. The van der Waals surface area contributed by atoms with Crippen molar-refractivity contribution in [2.75, 3.05) is 19.4 Å². The Balaban J connectivity index is 2.70. The third-order valence-corrected chi connectivity index (χ3v) is 4.66. The molecule has 1 aromatic rings. The molecule has 0 amide bonds. The highest BCUT2D eigenvalue weighted by Crippen LogP contribution is 2.42. The molecule has 0 fully saturated rings. The predicted octanol–water partition coefficient (Wildman–Crippen LogP) is 3.73. The molecule has 0 radical (unpaired) electrons. The number of rotatable bonds is 1. The fourth-order valence-electron chi connectivity index (χ4n) is 3.17. The van der Waals surface area contributed by atoms with Gasteiger partial charge >= 0.3 is 0 Å². The summed E-state index contributed by atoms with van der Waals surface area (Å²) < 4.78 is 0. The Morgan fingerprint density at radius 1 is 0.944 bits per heavy atom. The minimum absolute atomic E-state index is 0.536. The molecule has 1 aromatic carbocycles. The van der Waals surface area contributed by atoms with Crippen molar-refractivity contribution in [3.8, 4) is 0 Å². The van der Waals surface area contributed by atoms with Crippen LogP contribution in [0.3, 0.4) is 0 Å². The van der Waals surface area contributed by atoms with Gasteiger partial charge in [0.2, 0.25) is 0 Å². The van der Waals surface area contributed by atoms with E-state index in [0.29, 0.717) is 12.1 Å². The van der Waals surface area contributed by atoms with Gasteiger partial charge < -0.3 is 10.2 Å². The Labute approximate surface area is 111 Å². The first-order valence-corrected chi connectivity index (χ1v) is 6.87. The van der Waals surface area contributed by atoms with Crippen molar-refractivity contribution in [2.45, 2.75) is 53.1 Å². The van der Waals surface area contributed by atoms with E-state index in [1.165, 1.54) is 39.9 Å². The zero-order valence-electron chi connectivity index (χ0n) is 12.8. The van der Waals surface area contributed by atoms with Gasteiger partial charge in [-0.3, -0.25) is 0 Å². The molecule has 2 rings (SSSR count). The molecule has 0 saturated heterocycles. The van der Waals surface area contributed by atoms with Crippen molar-refractivity contribution in [3.63, 3.8) is 0 Å². The zero-order chi connectivity index (χ0) is 13.6. The van der Waals surface area contributed by atoms with Gasteiger partial charge in [0.1, 0.15) is 0 Å². The maximum atomic E-state index is 3.70. The van der Waals surface area contributed by atoms with Gasteiger partial charge in [-0.05, 0) is 83.0 Å². The van der Waals surface area contributed by atoms with Crippen LogP contribution >= 0.6 is 0 Å². The molecular weight excluding hydrogens is 220 g/mol. The molecule has 1 aliphatic rings. The summed E-state index contributed by atoms with van der Waals surface area (Å²) >= 11 is 0. The van der Waals surface area contributed by atoms with Crippen molar-refractivity contribution >= 4 is 5.69 Å². The van der Waals surface area contributed by atoms with Crippen LogP contribution in [-0.2, 0) is 0 Å². The minimum atomic E-state index is 0.536. The summed E-state index contributed by atoms with van der Waals surface area (Å²) in [7, 11) is 4.38. The van der Waals surface area contributed by atoms with Gasteiger partial charge in [0.05, 0.1) is 0 Å². The monoisotopic (exact) mass is 246 g/mol. The molecule has 0 aliphatic carbocycles. The largest absolute Gasteiger partial charge is 0.382 e. The molecule has 2 heteroatoms. The first-order valence-electron chi connectivity index (χ1n) is 6.87. The SMILES string of the molecule is Cc1c(C)c(C)c2c(c1C)NC(C)CC2N(C)C.